The molecule has 0 unspecified atom stereocenters. The zero-order valence-electron chi connectivity index (χ0n) is 14.0. The molecule has 26 heavy (non-hydrogen) atoms. The van der Waals surface area contributed by atoms with E-state index in [2.05, 4.69) is 5.32 Å². The van der Waals surface area contributed by atoms with Gasteiger partial charge in [0.15, 0.2) is 0 Å². The van der Waals surface area contributed by atoms with Crippen LogP contribution in [0.25, 0.3) is 0 Å². The molecule has 140 valence electrons. The fraction of sp³-hybridized carbons (Fsp3) is 0.278. The first-order chi connectivity index (χ1) is 12.2. The molecular weight excluding hydrogens is 369 g/mol. The number of ether oxygens (including phenoxy) is 1. The summed E-state index contributed by atoms with van der Waals surface area (Å²) in [6, 6.07) is 8.05. The molecule has 0 saturated heterocycles. The van der Waals surface area contributed by atoms with E-state index >= 15 is 0 Å². The highest BCUT2D eigenvalue weighted by atomic mass is 35.5. The topological polar surface area (TPSA) is 64.3 Å². The smallest absolute Gasteiger partial charge is 0.416 e. The van der Waals surface area contributed by atoms with Crippen molar-refractivity contribution >= 4 is 28.9 Å². The largest absolute Gasteiger partial charge is 0.491 e. The predicted octanol–water partition coefficient (Wildman–Crippen LogP) is 4.86. The number of amides is 1. The minimum absolute atomic E-state index is 0.0499. The van der Waals surface area contributed by atoms with Crippen molar-refractivity contribution < 1.29 is 22.7 Å². The lowest BCUT2D eigenvalue weighted by Gasteiger charge is -2.13. The Morgan fingerprint density at radius 2 is 1.96 bits per heavy atom. The average Bonchev–Trinajstić information content (AvgIpc) is 2.57. The van der Waals surface area contributed by atoms with Gasteiger partial charge in [-0.25, -0.2) is 0 Å². The van der Waals surface area contributed by atoms with E-state index in [4.69, 9.17) is 22.1 Å². The van der Waals surface area contributed by atoms with Gasteiger partial charge in [0.1, 0.15) is 5.75 Å². The van der Waals surface area contributed by atoms with Crippen LogP contribution in [0.5, 0.6) is 5.75 Å². The van der Waals surface area contributed by atoms with Gasteiger partial charge in [-0.2, -0.15) is 13.2 Å². The third kappa shape index (κ3) is 5.05. The summed E-state index contributed by atoms with van der Waals surface area (Å²) in [4.78, 5) is 12.3. The average molecular weight is 387 g/mol. The number of nitrogen functional groups attached to an aromatic ring is 1. The second kappa shape index (κ2) is 8.31. The molecule has 1 amide bonds. The lowest BCUT2D eigenvalue weighted by molar-refractivity contribution is -0.138. The van der Waals surface area contributed by atoms with Crippen LogP contribution in [0.1, 0.15) is 27.9 Å². The fourth-order valence-electron chi connectivity index (χ4n) is 2.27. The second-order valence-electron chi connectivity index (χ2n) is 5.63. The van der Waals surface area contributed by atoms with E-state index in [0.717, 1.165) is 6.07 Å². The van der Waals surface area contributed by atoms with Gasteiger partial charge < -0.3 is 15.8 Å². The number of carbonyl (C=O) groups excluding carboxylic acids is 1. The molecule has 2 aromatic carbocycles. The molecule has 0 heterocycles. The van der Waals surface area contributed by atoms with Gasteiger partial charge in [-0.3, -0.25) is 4.79 Å². The summed E-state index contributed by atoms with van der Waals surface area (Å²) in [6.07, 6.45) is -3.84. The number of hydrogen-bond acceptors (Lipinski definition) is 3. The first kappa shape index (κ1) is 19.9. The van der Waals surface area contributed by atoms with E-state index in [1.165, 1.54) is 37.3 Å². The molecule has 0 aromatic heterocycles. The van der Waals surface area contributed by atoms with Gasteiger partial charge in [0.05, 0.1) is 17.9 Å². The molecule has 0 bridgehead atoms. The lowest BCUT2D eigenvalue weighted by Crippen LogP contribution is -2.14. The molecule has 0 saturated carbocycles. The van der Waals surface area contributed by atoms with Crippen molar-refractivity contribution in [2.45, 2.75) is 19.5 Å². The number of alkyl halides is 4. The van der Waals surface area contributed by atoms with Crippen LogP contribution in [0, 0.1) is 6.92 Å². The van der Waals surface area contributed by atoms with E-state index < -0.39 is 17.6 Å². The lowest BCUT2D eigenvalue weighted by atomic mass is 10.1. The third-order valence-corrected chi connectivity index (χ3v) is 3.88. The monoisotopic (exact) mass is 386 g/mol. The first-order valence-electron chi connectivity index (χ1n) is 7.80. The predicted molar refractivity (Wildman–Crippen MR) is 95.8 cm³/mol. The summed E-state index contributed by atoms with van der Waals surface area (Å²) >= 11 is 5.57. The van der Waals surface area contributed by atoms with E-state index in [0.29, 0.717) is 24.7 Å². The van der Waals surface area contributed by atoms with E-state index in [-0.39, 0.29) is 22.5 Å². The highest BCUT2D eigenvalue weighted by Crippen LogP contribution is 2.33. The van der Waals surface area contributed by atoms with Crippen molar-refractivity contribution in [2.24, 2.45) is 0 Å². The number of nitrogens with two attached hydrogens (primary N) is 1. The summed E-state index contributed by atoms with van der Waals surface area (Å²) in [5.74, 6) is 0.305. The quantitative estimate of drug-likeness (QED) is 0.423. The van der Waals surface area contributed by atoms with Gasteiger partial charge in [-0.05, 0) is 49.2 Å². The number of nitrogens with one attached hydrogen (secondary N) is 1. The minimum Gasteiger partial charge on any atom is -0.491 e. The summed E-state index contributed by atoms with van der Waals surface area (Å²) < 4.78 is 44.3. The number of anilines is 2. The summed E-state index contributed by atoms with van der Waals surface area (Å²) in [7, 11) is 0. The number of halogens is 4. The standard InChI is InChI=1S/C18H18ClF3N2O2/c1-11-3-5-13(10-14(11)18(20,21)22)24-17(25)12-4-6-16(15(23)9-12)26-8-2-7-19/h3-6,9-10H,2,7-8,23H2,1H3,(H,24,25). The Hall–Kier alpha value is -2.41. The molecule has 3 N–H and O–H groups in total. The Bertz CT molecular complexity index is 794. The third-order valence-electron chi connectivity index (χ3n) is 3.61. The summed E-state index contributed by atoms with van der Waals surface area (Å²) in [5.41, 5.74) is 5.65. The van der Waals surface area contributed by atoms with Gasteiger partial charge in [0.25, 0.3) is 5.91 Å². The molecule has 0 aliphatic carbocycles. The maximum absolute atomic E-state index is 13.0. The van der Waals surface area contributed by atoms with Crippen molar-refractivity contribution in [3.05, 3.63) is 53.1 Å². The molecule has 4 nitrogen and oxygen atoms in total. The van der Waals surface area contributed by atoms with Crippen LogP contribution >= 0.6 is 11.6 Å². The summed E-state index contributed by atoms with van der Waals surface area (Å²) in [6.45, 7) is 1.75. The van der Waals surface area contributed by atoms with Crippen molar-refractivity contribution in [1.82, 2.24) is 0 Å². The van der Waals surface area contributed by atoms with Crippen LogP contribution in [-0.4, -0.2) is 18.4 Å². The minimum atomic E-state index is -4.49. The Morgan fingerprint density at radius 3 is 2.58 bits per heavy atom. The first-order valence-corrected chi connectivity index (χ1v) is 8.33. The van der Waals surface area contributed by atoms with Gasteiger partial charge in [0, 0.05) is 17.1 Å². The Balaban J connectivity index is 2.14. The number of hydrogen-bond donors (Lipinski definition) is 2. The molecule has 8 heteroatoms. The molecule has 0 atom stereocenters. The highest BCUT2D eigenvalue weighted by Gasteiger charge is 2.32. The molecule has 0 radical (unpaired) electrons. The summed E-state index contributed by atoms with van der Waals surface area (Å²) in [5, 5.41) is 2.44. The molecule has 2 rings (SSSR count). The van der Waals surface area contributed by atoms with Crippen LogP contribution in [0.3, 0.4) is 0 Å². The zero-order valence-corrected chi connectivity index (χ0v) is 14.7. The number of rotatable bonds is 6. The van der Waals surface area contributed by atoms with Crippen LogP contribution in [0.4, 0.5) is 24.5 Å². The van der Waals surface area contributed by atoms with Gasteiger partial charge >= 0.3 is 6.18 Å². The van der Waals surface area contributed by atoms with E-state index in [1.807, 2.05) is 0 Å². The van der Waals surface area contributed by atoms with E-state index in [9.17, 15) is 18.0 Å². The number of benzene rings is 2. The van der Waals surface area contributed by atoms with Crippen molar-refractivity contribution in [3.8, 4) is 5.75 Å². The van der Waals surface area contributed by atoms with Gasteiger partial charge in [-0.15, -0.1) is 11.6 Å². The van der Waals surface area contributed by atoms with Crippen molar-refractivity contribution in [1.29, 1.82) is 0 Å². The molecule has 0 fully saturated rings. The second-order valence-corrected chi connectivity index (χ2v) is 6.00. The molecule has 0 aliphatic heterocycles. The number of aryl methyl sites for hydroxylation is 1. The molecule has 0 spiro atoms. The molecule has 2 aromatic rings. The SMILES string of the molecule is Cc1ccc(NC(=O)c2ccc(OCCCCl)c(N)c2)cc1C(F)(F)F. The fourth-order valence-corrected chi connectivity index (χ4v) is 2.38. The number of carbonyl (C=O) groups is 1. The molecule has 0 aliphatic rings. The van der Waals surface area contributed by atoms with Gasteiger partial charge in [0.2, 0.25) is 0 Å². The Morgan fingerprint density at radius 1 is 1.23 bits per heavy atom. The normalized spacial score (nSPS) is 11.3. The molecular formula is C18H18ClF3N2O2. The van der Waals surface area contributed by atoms with Crippen LogP contribution in [0.15, 0.2) is 36.4 Å². The maximum atomic E-state index is 13.0. The van der Waals surface area contributed by atoms with Crippen molar-refractivity contribution in [3.63, 3.8) is 0 Å². The van der Waals surface area contributed by atoms with Crippen molar-refractivity contribution in [2.75, 3.05) is 23.5 Å². The maximum Gasteiger partial charge on any atom is 0.416 e. The van der Waals surface area contributed by atoms with Crippen LogP contribution < -0.4 is 15.8 Å². The Kier molecular flexibility index (Phi) is 6.37. The van der Waals surface area contributed by atoms with E-state index in [1.54, 1.807) is 0 Å². The van der Waals surface area contributed by atoms with Crippen LogP contribution in [-0.2, 0) is 6.18 Å². The zero-order chi connectivity index (χ0) is 19.3. The highest BCUT2D eigenvalue weighted by molar-refractivity contribution is 6.17. The Labute approximate surface area is 154 Å². The van der Waals surface area contributed by atoms with Crippen LogP contribution in [0.2, 0.25) is 0 Å². The van der Waals surface area contributed by atoms with Gasteiger partial charge in [-0.1, -0.05) is 6.07 Å².